The predicted molar refractivity (Wildman–Crippen MR) is 81.4 cm³/mol. The molecule has 1 fully saturated rings. The molecule has 0 radical (unpaired) electrons. The zero-order chi connectivity index (χ0) is 14.5. The standard InChI is InChI=1S/C15H23ClN2O2/c1-3-18-6-7-19-13(9-18)10-20-15-5-4-12(16)8-14(15)11(2)17/h4-5,8,11,13H,3,6-7,9-10,17H2,1-2H3/t11-,13?/m0/s1. The molecule has 112 valence electrons. The van der Waals surface area contributed by atoms with Gasteiger partial charge in [-0.2, -0.15) is 0 Å². The van der Waals surface area contributed by atoms with Crippen molar-refractivity contribution in [2.45, 2.75) is 26.0 Å². The number of nitrogens with zero attached hydrogens (tertiary/aromatic N) is 1. The summed E-state index contributed by atoms with van der Waals surface area (Å²) in [7, 11) is 0. The molecule has 1 saturated heterocycles. The van der Waals surface area contributed by atoms with Gasteiger partial charge in [-0.1, -0.05) is 18.5 Å². The van der Waals surface area contributed by atoms with E-state index in [1.54, 1.807) is 0 Å². The number of halogens is 1. The fourth-order valence-electron chi connectivity index (χ4n) is 2.36. The molecule has 2 rings (SSSR count). The highest BCUT2D eigenvalue weighted by molar-refractivity contribution is 6.30. The first-order valence-corrected chi connectivity index (χ1v) is 7.49. The first-order chi connectivity index (χ1) is 9.60. The minimum Gasteiger partial charge on any atom is -0.490 e. The topological polar surface area (TPSA) is 47.7 Å². The number of hydrogen-bond donors (Lipinski definition) is 1. The molecule has 1 aliphatic heterocycles. The third-order valence-electron chi connectivity index (χ3n) is 3.56. The van der Waals surface area contributed by atoms with E-state index in [4.69, 9.17) is 26.8 Å². The molecule has 1 aromatic carbocycles. The Morgan fingerprint density at radius 1 is 1.55 bits per heavy atom. The first-order valence-electron chi connectivity index (χ1n) is 7.12. The molecule has 0 aliphatic carbocycles. The summed E-state index contributed by atoms with van der Waals surface area (Å²) < 4.78 is 11.6. The molecular weight excluding hydrogens is 276 g/mol. The molecule has 0 aromatic heterocycles. The van der Waals surface area contributed by atoms with Crippen LogP contribution in [0.3, 0.4) is 0 Å². The Hall–Kier alpha value is -0.810. The molecule has 5 heteroatoms. The second-order valence-electron chi connectivity index (χ2n) is 5.17. The normalized spacial score (nSPS) is 21.7. The van der Waals surface area contributed by atoms with E-state index >= 15 is 0 Å². The summed E-state index contributed by atoms with van der Waals surface area (Å²) in [6.07, 6.45) is 0.111. The molecule has 0 bridgehead atoms. The second kappa shape index (κ2) is 7.27. The van der Waals surface area contributed by atoms with Crippen LogP contribution in [-0.4, -0.2) is 43.9 Å². The van der Waals surface area contributed by atoms with Gasteiger partial charge in [-0.05, 0) is 31.7 Å². The molecule has 20 heavy (non-hydrogen) atoms. The van der Waals surface area contributed by atoms with E-state index in [0.29, 0.717) is 11.6 Å². The third kappa shape index (κ3) is 4.09. The van der Waals surface area contributed by atoms with Crippen LogP contribution in [0.5, 0.6) is 5.75 Å². The highest BCUT2D eigenvalue weighted by atomic mass is 35.5. The van der Waals surface area contributed by atoms with Crippen LogP contribution in [0, 0.1) is 0 Å². The molecule has 1 unspecified atom stereocenters. The van der Waals surface area contributed by atoms with E-state index in [0.717, 1.165) is 37.6 Å². The van der Waals surface area contributed by atoms with Crippen LogP contribution in [0.15, 0.2) is 18.2 Å². The Bertz CT molecular complexity index is 440. The quantitative estimate of drug-likeness (QED) is 0.907. The lowest BCUT2D eigenvalue weighted by molar-refractivity contribution is -0.0465. The van der Waals surface area contributed by atoms with Gasteiger partial charge in [0, 0.05) is 29.7 Å². The summed E-state index contributed by atoms with van der Waals surface area (Å²) in [6.45, 7) is 8.36. The summed E-state index contributed by atoms with van der Waals surface area (Å²) >= 11 is 6.01. The maximum Gasteiger partial charge on any atom is 0.124 e. The van der Waals surface area contributed by atoms with Crippen LogP contribution in [0.25, 0.3) is 0 Å². The average molecular weight is 299 g/mol. The van der Waals surface area contributed by atoms with E-state index in [1.807, 2.05) is 25.1 Å². The highest BCUT2D eigenvalue weighted by Gasteiger charge is 2.20. The summed E-state index contributed by atoms with van der Waals surface area (Å²) in [6, 6.07) is 5.45. The van der Waals surface area contributed by atoms with Gasteiger partial charge in [0.25, 0.3) is 0 Å². The van der Waals surface area contributed by atoms with Crippen LogP contribution in [0.1, 0.15) is 25.5 Å². The molecule has 4 nitrogen and oxygen atoms in total. The van der Waals surface area contributed by atoms with Crippen molar-refractivity contribution < 1.29 is 9.47 Å². The van der Waals surface area contributed by atoms with Gasteiger partial charge in [-0.25, -0.2) is 0 Å². The molecule has 0 saturated carbocycles. The number of likely N-dealkylation sites (N-methyl/N-ethyl adjacent to an activating group) is 1. The van der Waals surface area contributed by atoms with Crippen molar-refractivity contribution >= 4 is 11.6 Å². The number of benzene rings is 1. The Morgan fingerprint density at radius 2 is 2.35 bits per heavy atom. The van der Waals surface area contributed by atoms with Gasteiger partial charge >= 0.3 is 0 Å². The van der Waals surface area contributed by atoms with E-state index in [9.17, 15) is 0 Å². The van der Waals surface area contributed by atoms with Gasteiger partial charge in [0.1, 0.15) is 18.5 Å². The molecule has 1 heterocycles. The highest BCUT2D eigenvalue weighted by Crippen LogP contribution is 2.27. The minimum atomic E-state index is -0.108. The van der Waals surface area contributed by atoms with Crippen molar-refractivity contribution in [1.82, 2.24) is 4.90 Å². The zero-order valence-electron chi connectivity index (χ0n) is 12.1. The van der Waals surface area contributed by atoms with Crippen molar-refractivity contribution in [3.8, 4) is 5.75 Å². The molecular formula is C15H23ClN2O2. The number of rotatable bonds is 5. The number of hydrogen-bond acceptors (Lipinski definition) is 4. The smallest absolute Gasteiger partial charge is 0.124 e. The lowest BCUT2D eigenvalue weighted by atomic mass is 10.1. The van der Waals surface area contributed by atoms with Crippen molar-refractivity contribution in [2.75, 3.05) is 32.8 Å². The Labute approximate surface area is 125 Å². The lowest BCUT2D eigenvalue weighted by Crippen LogP contribution is -2.44. The van der Waals surface area contributed by atoms with Gasteiger partial charge in [0.15, 0.2) is 0 Å². The Morgan fingerprint density at radius 3 is 3.05 bits per heavy atom. The maximum absolute atomic E-state index is 6.01. The third-order valence-corrected chi connectivity index (χ3v) is 3.79. The monoisotopic (exact) mass is 298 g/mol. The number of nitrogens with two attached hydrogens (primary N) is 1. The van der Waals surface area contributed by atoms with Crippen LogP contribution < -0.4 is 10.5 Å². The van der Waals surface area contributed by atoms with Crippen LogP contribution >= 0.6 is 11.6 Å². The minimum absolute atomic E-state index is 0.108. The van der Waals surface area contributed by atoms with Crippen LogP contribution in [0.4, 0.5) is 0 Å². The maximum atomic E-state index is 6.01. The van der Waals surface area contributed by atoms with Crippen molar-refractivity contribution in [2.24, 2.45) is 5.73 Å². The predicted octanol–water partition coefficient (Wildman–Crippen LogP) is 2.46. The molecule has 1 aromatic rings. The Balaban J connectivity index is 1.96. The summed E-state index contributed by atoms with van der Waals surface area (Å²) in [5, 5.41) is 0.677. The Kier molecular flexibility index (Phi) is 5.66. The fraction of sp³-hybridized carbons (Fsp3) is 0.600. The second-order valence-corrected chi connectivity index (χ2v) is 5.60. The van der Waals surface area contributed by atoms with Gasteiger partial charge < -0.3 is 15.2 Å². The van der Waals surface area contributed by atoms with E-state index < -0.39 is 0 Å². The summed E-state index contributed by atoms with van der Waals surface area (Å²) in [5.41, 5.74) is 6.89. The lowest BCUT2D eigenvalue weighted by Gasteiger charge is -2.32. The van der Waals surface area contributed by atoms with Crippen LogP contribution in [0.2, 0.25) is 5.02 Å². The van der Waals surface area contributed by atoms with Gasteiger partial charge in [-0.3, -0.25) is 4.90 Å². The average Bonchev–Trinajstić information content (AvgIpc) is 2.46. The molecule has 0 amide bonds. The zero-order valence-corrected chi connectivity index (χ0v) is 12.9. The fourth-order valence-corrected chi connectivity index (χ4v) is 2.54. The van der Waals surface area contributed by atoms with Crippen molar-refractivity contribution in [1.29, 1.82) is 0 Å². The van der Waals surface area contributed by atoms with E-state index in [2.05, 4.69) is 11.8 Å². The first kappa shape index (κ1) is 15.6. The van der Waals surface area contributed by atoms with E-state index in [1.165, 1.54) is 0 Å². The number of morpholine rings is 1. The summed E-state index contributed by atoms with van der Waals surface area (Å²) in [4.78, 5) is 2.37. The van der Waals surface area contributed by atoms with Gasteiger partial charge in [-0.15, -0.1) is 0 Å². The molecule has 2 N–H and O–H groups in total. The summed E-state index contributed by atoms with van der Waals surface area (Å²) in [5.74, 6) is 0.793. The SMILES string of the molecule is CCN1CCOC(COc2ccc(Cl)cc2[C@H](C)N)C1. The number of ether oxygens (including phenoxy) is 2. The molecule has 0 spiro atoms. The van der Waals surface area contributed by atoms with Crippen molar-refractivity contribution in [3.05, 3.63) is 28.8 Å². The van der Waals surface area contributed by atoms with Crippen molar-refractivity contribution in [3.63, 3.8) is 0 Å². The van der Waals surface area contributed by atoms with Crippen LogP contribution in [-0.2, 0) is 4.74 Å². The van der Waals surface area contributed by atoms with E-state index in [-0.39, 0.29) is 12.1 Å². The molecule has 1 aliphatic rings. The molecule has 2 atom stereocenters. The van der Waals surface area contributed by atoms with Gasteiger partial charge in [0.05, 0.1) is 6.61 Å². The van der Waals surface area contributed by atoms with Gasteiger partial charge in [0.2, 0.25) is 0 Å². The largest absolute Gasteiger partial charge is 0.490 e.